The fourth-order valence-corrected chi connectivity index (χ4v) is 2.84. The summed E-state index contributed by atoms with van der Waals surface area (Å²) < 4.78 is 1.65. The minimum absolute atomic E-state index is 0.375. The molecule has 1 aliphatic rings. The number of fused-ring (bicyclic) bond motifs is 1. The van der Waals surface area contributed by atoms with E-state index in [1.165, 1.54) is 17.5 Å². The molecule has 21 heavy (non-hydrogen) atoms. The number of benzene rings is 1. The summed E-state index contributed by atoms with van der Waals surface area (Å²) in [5, 5.41) is 7.63. The lowest BCUT2D eigenvalue weighted by Crippen LogP contribution is -2.07. The van der Waals surface area contributed by atoms with Crippen molar-refractivity contribution in [3.63, 3.8) is 0 Å². The molecule has 1 aliphatic carbocycles. The van der Waals surface area contributed by atoms with Crippen molar-refractivity contribution >= 4 is 5.69 Å². The Bertz CT molecular complexity index is 734. The number of hydrogen-bond acceptors (Lipinski definition) is 4. The third kappa shape index (κ3) is 2.27. The molecule has 1 N–H and O–H groups in total. The number of pyridine rings is 1. The summed E-state index contributed by atoms with van der Waals surface area (Å²) >= 11 is 0. The van der Waals surface area contributed by atoms with Crippen molar-refractivity contribution in [2.45, 2.75) is 18.9 Å². The molecule has 1 unspecified atom stereocenters. The third-order valence-electron chi connectivity index (χ3n) is 3.88. The van der Waals surface area contributed by atoms with Gasteiger partial charge in [0.25, 0.3) is 0 Å². The number of hydrogen-bond donors (Lipinski definition) is 1. The van der Waals surface area contributed by atoms with Crippen LogP contribution in [0.1, 0.15) is 23.6 Å². The lowest BCUT2D eigenvalue weighted by Gasteiger charge is -2.15. The number of nitrogens with one attached hydrogen (secondary N) is 1. The van der Waals surface area contributed by atoms with E-state index in [0.717, 1.165) is 24.3 Å². The summed E-state index contributed by atoms with van der Waals surface area (Å²) in [4.78, 5) is 8.34. The van der Waals surface area contributed by atoms with Crippen LogP contribution in [0, 0.1) is 0 Å². The van der Waals surface area contributed by atoms with Crippen molar-refractivity contribution in [3.05, 3.63) is 66.4 Å². The zero-order valence-corrected chi connectivity index (χ0v) is 11.5. The van der Waals surface area contributed by atoms with Gasteiger partial charge in [-0.1, -0.05) is 24.3 Å². The Labute approximate surface area is 122 Å². The molecule has 104 valence electrons. The van der Waals surface area contributed by atoms with Crippen molar-refractivity contribution in [2.24, 2.45) is 0 Å². The zero-order valence-electron chi connectivity index (χ0n) is 11.5. The molecule has 1 aromatic carbocycles. The Kier molecular flexibility index (Phi) is 2.88. The molecule has 0 saturated heterocycles. The first kappa shape index (κ1) is 12.1. The second-order valence-corrected chi connectivity index (χ2v) is 5.18. The van der Waals surface area contributed by atoms with Crippen molar-refractivity contribution < 1.29 is 0 Å². The summed E-state index contributed by atoms with van der Waals surface area (Å²) in [5.41, 5.74) is 3.88. The van der Waals surface area contributed by atoms with Crippen molar-refractivity contribution in [1.82, 2.24) is 19.7 Å². The standard InChI is InChI=1S/C16H15N5/c1-2-4-14-12(3-1)5-7-15(14)20-13-6-8-16(18-9-13)21-11-17-10-19-21/h1-4,6,8-11,15,20H,5,7H2. The molecule has 0 saturated carbocycles. The topological polar surface area (TPSA) is 55.6 Å². The Morgan fingerprint density at radius 1 is 1.14 bits per heavy atom. The Hall–Kier alpha value is -2.69. The highest BCUT2D eigenvalue weighted by molar-refractivity contribution is 5.48. The SMILES string of the molecule is c1ccc2c(c1)CCC2Nc1ccc(-n2cncn2)nc1. The maximum Gasteiger partial charge on any atom is 0.155 e. The van der Waals surface area contributed by atoms with Gasteiger partial charge < -0.3 is 5.32 Å². The van der Waals surface area contributed by atoms with Gasteiger partial charge in [0.1, 0.15) is 12.7 Å². The van der Waals surface area contributed by atoms with Crippen LogP contribution < -0.4 is 5.32 Å². The number of aryl methyl sites for hydroxylation is 1. The van der Waals surface area contributed by atoms with Gasteiger partial charge >= 0.3 is 0 Å². The average molecular weight is 277 g/mol. The Morgan fingerprint density at radius 2 is 2.10 bits per heavy atom. The first-order valence-electron chi connectivity index (χ1n) is 7.05. The van der Waals surface area contributed by atoms with E-state index >= 15 is 0 Å². The molecule has 0 spiro atoms. The molecule has 5 nitrogen and oxygen atoms in total. The van der Waals surface area contributed by atoms with Crippen LogP contribution in [-0.2, 0) is 6.42 Å². The van der Waals surface area contributed by atoms with Gasteiger partial charge in [-0.2, -0.15) is 5.10 Å². The smallest absolute Gasteiger partial charge is 0.155 e. The van der Waals surface area contributed by atoms with Crippen LogP contribution in [-0.4, -0.2) is 19.7 Å². The zero-order chi connectivity index (χ0) is 14.1. The molecule has 3 aromatic rings. The monoisotopic (exact) mass is 277 g/mol. The van der Waals surface area contributed by atoms with Gasteiger partial charge in [0.15, 0.2) is 5.82 Å². The van der Waals surface area contributed by atoms with Crippen LogP contribution in [0.15, 0.2) is 55.2 Å². The molecule has 0 amide bonds. The van der Waals surface area contributed by atoms with E-state index in [4.69, 9.17) is 0 Å². The van der Waals surface area contributed by atoms with Gasteiger partial charge in [-0.3, -0.25) is 0 Å². The van der Waals surface area contributed by atoms with E-state index in [9.17, 15) is 0 Å². The lowest BCUT2D eigenvalue weighted by molar-refractivity contribution is 0.760. The van der Waals surface area contributed by atoms with Gasteiger partial charge in [-0.25, -0.2) is 14.6 Å². The quantitative estimate of drug-likeness (QED) is 0.799. The number of aromatic nitrogens is 4. The van der Waals surface area contributed by atoms with Crippen LogP contribution in [0.5, 0.6) is 0 Å². The minimum Gasteiger partial charge on any atom is -0.377 e. The molecule has 2 heterocycles. The summed E-state index contributed by atoms with van der Waals surface area (Å²) in [6.07, 6.45) is 7.26. The van der Waals surface area contributed by atoms with Gasteiger partial charge in [-0.05, 0) is 36.1 Å². The van der Waals surface area contributed by atoms with E-state index in [1.54, 1.807) is 11.0 Å². The van der Waals surface area contributed by atoms with E-state index in [0.29, 0.717) is 6.04 Å². The van der Waals surface area contributed by atoms with Gasteiger partial charge in [0.05, 0.1) is 17.9 Å². The normalized spacial score (nSPS) is 16.7. The molecular weight excluding hydrogens is 262 g/mol. The summed E-state index contributed by atoms with van der Waals surface area (Å²) in [5.74, 6) is 0.768. The maximum absolute atomic E-state index is 4.42. The Balaban J connectivity index is 1.53. The fraction of sp³-hybridized carbons (Fsp3) is 0.188. The molecule has 4 rings (SSSR count). The van der Waals surface area contributed by atoms with Crippen LogP contribution >= 0.6 is 0 Å². The molecule has 0 fully saturated rings. The highest BCUT2D eigenvalue weighted by Gasteiger charge is 2.21. The summed E-state index contributed by atoms with van der Waals surface area (Å²) in [6, 6.07) is 13.0. The fourth-order valence-electron chi connectivity index (χ4n) is 2.84. The number of nitrogens with zero attached hydrogens (tertiary/aromatic N) is 4. The molecule has 0 radical (unpaired) electrons. The van der Waals surface area contributed by atoms with Crippen molar-refractivity contribution in [1.29, 1.82) is 0 Å². The molecular formula is C16H15N5. The predicted molar refractivity (Wildman–Crippen MR) is 80.3 cm³/mol. The van der Waals surface area contributed by atoms with Crippen molar-refractivity contribution in [2.75, 3.05) is 5.32 Å². The highest BCUT2D eigenvalue weighted by atomic mass is 15.3. The number of anilines is 1. The Morgan fingerprint density at radius 3 is 2.90 bits per heavy atom. The second-order valence-electron chi connectivity index (χ2n) is 5.18. The largest absolute Gasteiger partial charge is 0.377 e. The lowest BCUT2D eigenvalue weighted by atomic mass is 10.1. The van der Waals surface area contributed by atoms with Crippen LogP contribution in [0.3, 0.4) is 0 Å². The first-order valence-corrected chi connectivity index (χ1v) is 7.05. The van der Waals surface area contributed by atoms with Crippen LogP contribution in [0.2, 0.25) is 0 Å². The van der Waals surface area contributed by atoms with E-state index in [2.05, 4.69) is 44.6 Å². The van der Waals surface area contributed by atoms with Crippen molar-refractivity contribution in [3.8, 4) is 5.82 Å². The molecule has 5 heteroatoms. The predicted octanol–water partition coefficient (Wildman–Crippen LogP) is 2.76. The second kappa shape index (κ2) is 5.01. The van der Waals surface area contributed by atoms with Gasteiger partial charge in [0.2, 0.25) is 0 Å². The maximum atomic E-state index is 4.42. The molecule has 2 aromatic heterocycles. The molecule has 0 aliphatic heterocycles. The van der Waals surface area contributed by atoms with Gasteiger partial charge in [0, 0.05) is 0 Å². The van der Waals surface area contributed by atoms with Gasteiger partial charge in [-0.15, -0.1) is 0 Å². The average Bonchev–Trinajstić information content (AvgIpc) is 3.19. The van der Waals surface area contributed by atoms with Crippen LogP contribution in [0.25, 0.3) is 5.82 Å². The molecule has 0 bridgehead atoms. The third-order valence-corrected chi connectivity index (χ3v) is 3.88. The minimum atomic E-state index is 0.375. The first-order chi connectivity index (χ1) is 10.4. The van der Waals surface area contributed by atoms with E-state index in [-0.39, 0.29) is 0 Å². The summed E-state index contributed by atoms with van der Waals surface area (Å²) in [6.45, 7) is 0. The number of rotatable bonds is 3. The van der Waals surface area contributed by atoms with Crippen LogP contribution in [0.4, 0.5) is 5.69 Å². The molecule has 1 atom stereocenters. The van der Waals surface area contributed by atoms with E-state index in [1.807, 2.05) is 18.3 Å². The summed E-state index contributed by atoms with van der Waals surface area (Å²) in [7, 11) is 0. The highest BCUT2D eigenvalue weighted by Crippen LogP contribution is 2.33. The van der Waals surface area contributed by atoms with E-state index < -0.39 is 0 Å².